The van der Waals surface area contributed by atoms with Gasteiger partial charge in [-0.3, -0.25) is 4.68 Å². The molecule has 0 radical (unpaired) electrons. The van der Waals surface area contributed by atoms with E-state index in [1.807, 2.05) is 38.0 Å². The number of anilines is 1. The molecule has 0 spiro atoms. The minimum absolute atomic E-state index is 0.796. The first kappa shape index (κ1) is 15.4. The predicted molar refractivity (Wildman–Crippen MR) is 85.8 cm³/mol. The fourth-order valence-electron chi connectivity index (χ4n) is 2.57. The summed E-state index contributed by atoms with van der Waals surface area (Å²) in [5.41, 5.74) is 3.52. The van der Waals surface area contributed by atoms with Crippen LogP contribution in [0.5, 0.6) is 5.75 Å². The molecular weight excluding hydrogens is 264 g/mol. The van der Waals surface area contributed by atoms with Gasteiger partial charge < -0.3 is 15.0 Å². The van der Waals surface area contributed by atoms with Crippen molar-refractivity contribution in [3.63, 3.8) is 0 Å². The van der Waals surface area contributed by atoms with Gasteiger partial charge >= 0.3 is 0 Å². The highest BCUT2D eigenvalue weighted by atomic mass is 16.5. The number of rotatable bonds is 6. The highest BCUT2D eigenvalue weighted by molar-refractivity contribution is 5.48. The van der Waals surface area contributed by atoms with Crippen molar-refractivity contribution in [2.45, 2.75) is 20.0 Å². The monoisotopic (exact) mass is 288 g/mol. The fraction of sp³-hybridized carbons (Fsp3) is 0.438. The van der Waals surface area contributed by atoms with Crippen LogP contribution < -0.4 is 15.0 Å². The van der Waals surface area contributed by atoms with Gasteiger partial charge in [-0.05, 0) is 24.6 Å². The average Bonchev–Trinajstić information content (AvgIpc) is 2.73. The lowest BCUT2D eigenvalue weighted by Crippen LogP contribution is -2.18. The molecule has 0 atom stereocenters. The number of benzene rings is 1. The van der Waals surface area contributed by atoms with E-state index in [-0.39, 0.29) is 0 Å². The van der Waals surface area contributed by atoms with Gasteiger partial charge in [-0.15, -0.1) is 0 Å². The third kappa shape index (κ3) is 3.55. The van der Waals surface area contributed by atoms with Crippen LogP contribution in [0.2, 0.25) is 0 Å². The van der Waals surface area contributed by atoms with Gasteiger partial charge in [0, 0.05) is 39.8 Å². The van der Waals surface area contributed by atoms with E-state index in [2.05, 4.69) is 34.4 Å². The maximum atomic E-state index is 5.24. The third-order valence-corrected chi connectivity index (χ3v) is 3.50. The summed E-state index contributed by atoms with van der Waals surface area (Å²) in [6.45, 7) is 3.65. The van der Waals surface area contributed by atoms with Crippen molar-refractivity contribution >= 4 is 5.82 Å². The molecule has 0 saturated carbocycles. The predicted octanol–water partition coefficient (Wildman–Crippen LogP) is 2.09. The van der Waals surface area contributed by atoms with Crippen LogP contribution in [0, 0.1) is 6.92 Å². The Hall–Kier alpha value is -2.01. The molecule has 5 heteroatoms. The maximum absolute atomic E-state index is 5.24. The summed E-state index contributed by atoms with van der Waals surface area (Å²) in [5.74, 6) is 2.03. The van der Waals surface area contributed by atoms with Crippen LogP contribution in [0.1, 0.15) is 16.8 Å². The summed E-state index contributed by atoms with van der Waals surface area (Å²) in [4.78, 5) is 2.10. The number of hydrogen-bond donors (Lipinski definition) is 1. The Morgan fingerprint density at radius 1 is 1.29 bits per heavy atom. The summed E-state index contributed by atoms with van der Waals surface area (Å²) in [5, 5.41) is 7.98. The van der Waals surface area contributed by atoms with Crippen LogP contribution in [0.15, 0.2) is 24.3 Å². The summed E-state index contributed by atoms with van der Waals surface area (Å²) < 4.78 is 7.17. The van der Waals surface area contributed by atoms with E-state index in [0.717, 1.165) is 30.4 Å². The van der Waals surface area contributed by atoms with Gasteiger partial charge in [0.25, 0.3) is 0 Å². The lowest BCUT2D eigenvalue weighted by atomic mass is 10.2. The molecule has 2 rings (SSSR count). The third-order valence-electron chi connectivity index (χ3n) is 3.50. The molecule has 114 valence electrons. The second kappa shape index (κ2) is 6.63. The van der Waals surface area contributed by atoms with E-state index in [4.69, 9.17) is 4.74 Å². The molecular formula is C16H24N4O. The number of ether oxygens (including phenoxy) is 1. The molecule has 2 aromatic rings. The summed E-state index contributed by atoms with van der Waals surface area (Å²) >= 11 is 0. The van der Waals surface area contributed by atoms with Gasteiger partial charge in [0.15, 0.2) is 0 Å². The highest BCUT2D eigenvalue weighted by Gasteiger charge is 2.14. The Morgan fingerprint density at radius 3 is 2.71 bits per heavy atom. The van der Waals surface area contributed by atoms with Crippen molar-refractivity contribution in [3.05, 3.63) is 41.1 Å². The van der Waals surface area contributed by atoms with Gasteiger partial charge in [-0.2, -0.15) is 5.10 Å². The molecule has 1 heterocycles. The lowest BCUT2D eigenvalue weighted by molar-refractivity contribution is 0.414. The van der Waals surface area contributed by atoms with Crippen molar-refractivity contribution in [2.75, 3.05) is 26.1 Å². The summed E-state index contributed by atoms with van der Waals surface area (Å²) in [6, 6.07) is 8.11. The molecule has 0 aliphatic heterocycles. The van der Waals surface area contributed by atoms with Crippen LogP contribution >= 0.6 is 0 Å². The number of methoxy groups -OCH3 is 1. The van der Waals surface area contributed by atoms with Crippen LogP contribution in [0.3, 0.4) is 0 Å². The Bertz CT molecular complexity index is 604. The van der Waals surface area contributed by atoms with E-state index in [1.165, 1.54) is 11.1 Å². The van der Waals surface area contributed by atoms with E-state index in [9.17, 15) is 0 Å². The quantitative estimate of drug-likeness (QED) is 0.884. The molecule has 1 N–H and O–H groups in total. The Labute approximate surface area is 126 Å². The molecule has 0 fully saturated rings. The van der Waals surface area contributed by atoms with Gasteiger partial charge in [-0.1, -0.05) is 12.1 Å². The van der Waals surface area contributed by atoms with Crippen molar-refractivity contribution in [2.24, 2.45) is 7.05 Å². The van der Waals surface area contributed by atoms with Gasteiger partial charge in [0.05, 0.1) is 12.8 Å². The van der Waals surface area contributed by atoms with Gasteiger partial charge in [0.2, 0.25) is 0 Å². The van der Waals surface area contributed by atoms with Crippen LogP contribution in [0.4, 0.5) is 5.82 Å². The zero-order valence-corrected chi connectivity index (χ0v) is 13.5. The van der Waals surface area contributed by atoms with E-state index >= 15 is 0 Å². The van der Waals surface area contributed by atoms with E-state index in [0.29, 0.717) is 0 Å². The van der Waals surface area contributed by atoms with Gasteiger partial charge in [-0.25, -0.2) is 0 Å². The van der Waals surface area contributed by atoms with E-state index in [1.54, 1.807) is 7.11 Å². The highest BCUT2D eigenvalue weighted by Crippen LogP contribution is 2.21. The number of nitrogens with one attached hydrogen (secondary N) is 1. The second-order valence-corrected chi connectivity index (χ2v) is 5.36. The van der Waals surface area contributed by atoms with Crippen molar-refractivity contribution < 1.29 is 4.74 Å². The fourth-order valence-corrected chi connectivity index (χ4v) is 2.57. The number of aromatic nitrogens is 2. The molecule has 5 nitrogen and oxygen atoms in total. The number of hydrogen-bond acceptors (Lipinski definition) is 4. The Balaban J connectivity index is 2.03. The molecule has 21 heavy (non-hydrogen) atoms. The first-order chi connectivity index (χ1) is 10.0. The SMILES string of the molecule is COc1cccc(CNCc2c(C)nn(C)c2N(C)C)c1. The van der Waals surface area contributed by atoms with Crippen molar-refractivity contribution in [3.8, 4) is 5.75 Å². The van der Waals surface area contributed by atoms with Gasteiger partial charge in [0.1, 0.15) is 11.6 Å². The zero-order chi connectivity index (χ0) is 15.4. The first-order valence-corrected chi connectivity index (χ1v) is 7.06. The molecule has 0 unspecified atom stereocenters. The minimum Gasteiger partial charge on any atom is -0.497 e. The molecule has 0 amide bonds. The molecule has 0 aliphatic rings. The van der Waals surface area contributed by atoms with Crippen LogP contribution in [0.25, 0.3) is 0 Å². The normalized spacial score (nSPS) is 10.7. The lowest BCUT2D eigenvalue weighted by Gasteiger charge is -2.15. The largest absolute Gasteiger partial charge is 0.497 e. The molecule has 0 saturated heterocycles. The zero-order valence-electron chi connectivity index (χ0n) is 13.5. The summed E-state index contributed by atoms with van der Waals surface area (Å²) in [7, 11) is 7.76. The standard InChI is InChI=1S/C16H24N4O/c1-12-15(16(19(2)3)20(4)18-12)11-17-10-13-7-6-8-14(9-13)21-5/h6-9,17H,10-11H2,1-5H3. The minimum atomic E-state index is 0.796. The van der Waals surface area contributed by atoms with Crippen molar-refractivity contribution in [1.82, 2.24) is 15.1 Å². The number of aryl methyl sites for hydroxylation is 2. The van der Waals surface area contributed by atoms with Crippen LogP contribution in [-0.4, -0.2) is 31.0 Å². The molecule has 1 aromatic heterocycles. The Kier molecular flexibility index (Phi) is 4.85. The van der Waals surface area contributed by atoms with E-state index < -0.39 is 0 Å². The first-order valence-electron chi connectivity index (χ1n) is 7.06. The molecule has 0 bridgehead atoms. The smallest absolute Gasteiger partial charge is 0.130 e. The number of nitrogens with zero attached hydrogens (tertiary/aromatic N) is 3. The Morgan fingerprint density at radius 2 is 2.05 bits per heavy atom. The molecule has 0 aliphatic carbocycles. The van der Waals surface area contributed by atoms with Crippen LogP contribution in [-0.2, 0) is 20.1 Å². The topological polar surface area (TPSA) is 42.3 Å². The van der Waals surface area contributed by atoms with Crippen molar-refractivity contribution in [1.29, 1.82) is 0 Å². The maximum Gasteiger partial charge on any atom is 0.130 e. The average molecular weight is 288 g/mol. The molecule has 1 aromatic carbocycles. The second-order valence-electron chi connectivity index (χ2n) is 5.36. The summed E-state index contributed by atoms with van der Waals surface area (Å²) in [6.07, 6.45) is 0.